The summed E-state index contributed by atoms with van der Waals surface area (Å²) in [6, 6.07) is 0. The molecule has 0 aromatic rings. The van der Waals surface area contributed by atoms with E-state index in [-0.39, 0.29) is 10.8 Å². The molecule has 3 saturated heterocycles. The van der Waals surface area contributed by atoms with E-state index < -0.39 is 6.09 Å². The largest absolute Gasteiger partial charge is 0.552 e. The Morgan fingerprint density at radius 2 is 2.38 bits per heavy atom. The van der Waals surface area contributed by atoms with Crippen molar-refractivity contribution in [2.24, 2.45) is 0 Å². The zero-order valence-corrected chi connectivity index (χ0v) is 7.73. The SMILES string of the molecule is CN(C)C=C1CC2C[N+]1(C(=O)O)O2. The predicted octanol–water partition coefficient (Wildman–Crippen LogP) is 0.602. The highest BCUT2D eigenvalue weighted by Gasteiger charge is 2.65. The van der Waals surface area contributed by atoms with Gasteiger partial charge in [-0.15, -0.1) is 0 Å². The van der Waals surface area contributed by atoms with Crippen LogP contribution in [0.5, 0.6) is 0 Å². The number of carbonyl (C=O) groups is 1. The zero-order chi connectivity index (χ0) is 9.64. The second kappa shape index (κ2) is 2.46. The van der Waals surface area contributed by atoms with Crippen molar-refractivity contribution in [3.8, 4) is 0 Å². The van der Waals surface area contributed by atoms with Gasteiger partial charge in [-0.2, -0.15) is 9.63 Å². The first-order valence-electron chi connectivity index (χ1n) is 4.22. The van der Waals surface area contributed by atoms with Crippen LogP contribution < -0.4 is 0 Å². The van der Waals surface area contributed by atoms with Gasteiger partial charge in [-0.1, -0.05) is 0 Å². The van der Waals surface area contributed by atoms with E-state index in [1.165, 1.54) is 0 Å². The van der Waals surface area contributed by atoms with Gasteiger partial charge in [0.2, 0.25) is 0 Å². The topological polar surface area (TPSA) is 49.8 Å². The number of hydrogen-bond donors (Lipinski definition) is 1. The first-order chi connectivity index (χ1) is 6.04. The Morgan fingerprint density at radius 3 is 2.85 bits per heavy atom. The van der Waals surface area contributed by atoms with Crippen molar-refractivity contribution in [2.75, 3.05) is 20.6 Å². The summed E-state index contributed by atoms with van der Waals surface area (Å²) in [5, 5.41) is 8.98. The number of fused-ring (bicyclic) bond motifs is 1. The molecular formula is C8H13N2O3+. The van der Waals surface area contributed by atoms with Gasteiger partial charge in [0.25, 0.3) is 0 Å². The summed E-state index contributed by atoms with van der Waals surface area (Å²) in [6.45, 7) is 0.578. The minimum Gasteiger partial charge on any atom is -0.433 e. The van der Waals surface area contributed by atoms with Crippen LogP contribution in [-0.4, -0.2) is 47.5 Å². The van der Waals surface area contributed by atoms with Crippen LogP contribution in [0.2, 0.25) is 0 Å². The molecule has 3 heterocycles. The fourth-order valence-electron chi connectivity index (χ4n) is 1.89. The molecule has 3 fully saturated rings. The molecule has 1 amide bonds. The van der Waals surface area contributed by atoms with E-state index in [1.807, 2.05) is 25.2 Å². The lowest BCUT2D eigenvalue weighted by Gasteiger charge is -2.32. The molecule has 2 atom stereocenters. The second-order valence-corrected chi connectivity index (χ2v) is 3.72. The van der Waals surface area contributed by atoms with E-state index in [4.69, 9.17) is 9.94 Å². The van der Waals surface area contributed by atoms with Crippen molar-refractivity contribution in [1.29, 1.82) is 0 Å². The van der Waals surface area contributed by atoms with Crippen molar-refractivity contribution in [1.82, 2.24) is 4.90 Å². The minimum absolute atomic E-state index is 0.113. The van der Waals surface area contributed by atoms with Crippen molar-refractivity contribution >= 4 is 6.09 Å². The summed E-state index contributed by atoms with van der Waals surface area (Å²) < 4.78 is -0.303. The molecule has 0 saturated carbocycles. The average molecular weight is 185 g/mol. The van der Waals surface area contributed by atoms with Gasteiger partial charge in [-0.3, -0.25) is 0 Å². The summed E-state index contributed by atoms with van der Waals surface area (Å²) in [7, 11) is 3.75. The number of quaternary nitrogens is 1. The number of hydroxylamine groups is 3. The summed E-state index contributed by atoms with van der Waals surface area (Å²) in [5.74, 6) is 0. The molecule has 3 aliphatic heterocycles. The van der Waals surface area contributed by atoms with Gasteiger partial charge in [0.15, 0.2) is 18.3 Å². The van der Waals surface area contributed by atoms with Gasteiger partial charge in [0.1, 0.15) is 0 Å². The summed E-state index contributed by atoms with van der Waals surface area (Å²) >= 11 is 0. The molecule has 0 aromatic heterocycles. The Labute approximate surface area is 76.3 Å². The smallest absolute Gasteiger partial charge is 0.433 e. The minimum atomic E-state index is -0.915. The number of amides is 1. The number of rotatable bonds is 1. The highest BCUT2D eigenvalue weighted by molar-refractivity contribution is 5.58. The van der Waals surface area contributed by atoms with Crippen LogP contribution in [0.1, 0.15) is 6.42 Å². The Hall–Kier alpha value is -1.07. The highest BCUT2D eigenvalue weighted by Crippen LogP contribution is 2.44. The maximum absolute atomic E-state index is 10.9. The molecule has 2 unspecified atom stereocenters. The third-order valence-corrected chi connectivity index (χ3v) is 2.41. The van der Waals surface area contributed by atoms with E-state index in [1.54, 1.807) is 0 Å². The van der Waals surface area contributed by atoms with Crippen molar-refractivity contribution in [3.05, 3.63) is 11.9 Å². The van der Waals surface area contributed by atoms with Gasteiger partial charge < -0.3 is 10.0 Å². The van der Waals surface area contributed by atoms with E-state index in [0.29, 0.717) is 6.54 Å². The van der Waals surface area contributed by atoms with E-state index in [2.05, 4.69) is 0 Å². The van der Waals surface area contributed by atoms with Crippen LogP contribution in [0, 0.1) is 0 Å². The molecule has 3 aliphatic rings. The molecule has 0 spiro atoms. The van der Waals surface area contributed by atoms with Gasteiger partial charge >= 0.3 is 6.09 Å². The normalized spacial score (nSPS) is 38.9. The summed E-state index contributed by atoms with van der Waals surface area (Å²) in [6.07, 6.45) is 1.77. The van der Waals surface area contributed by atoms with Gasteiger partial charge in [0.05, 0.1) is 12.6 Å². The molecule has 0 radical (unpaired) electrons. The van der Waals surface area contributed by atoms with E-state index in [0.717, 1.165) is 12.1 Å². The van der Waals surface area contributed by atoms with Gasteiger partial charge in [0, 0.05) is 14.1 Å². The van der Waals surface area contributed by atoms with E-state index >= 15 is 0 Å². The van der Waals surface area contributed by atoms with Crippen molar-refractivity contribution in [2.45, 2.75) is 12.5 Å². The Morgan fingerprint density at radius 1 is 1.77 bits per heavy atom. The molecular weight excluding hydrogens is 172 g/mol. The molecule has 3 rings (SSSR count). The van der Waals surface area contributed by atoms with Crippen LogP contribution in [0.3, 0.4) is 0 Å². The summed E-state index contributed by atoms with van der Waals surface area (Å²) in [5.41, 5.74) is 0.836. The summed E-state index contributed by atoms with van der Waals surface area (Å²) in [4.78, 5) is 18.0. The van der Waals surface area contributed by atoms with Crippen LogP contribution >= 0.6 is 0 Å². The van der Waals surface area contributed by atoms with E-state index in [9.17, 15) is 4.79 Å². The molecule has 5 nitrogen and oxygen atoms in total. The van der Waals surface area contributed by atoms with Crippen LogP contribution in [-0.2, 0) is 4.84 Å². The highest BCUT2D eigenvalue weighted by atomic mass is 16.8. The van der Waals surface area contributed by atoms with Gasteiger partial charge in [-0.05, 0) is 4.65 Å². The predicted molar refractivity (Wildman–Crippen MR) is 44.4 cm³/mol. The third-order valence-electron chi connectivity index (χ3n) is 2.41. The molecule has 13 heavy (non-hydrogen) atoms. The molecule has 2 bridgehead atoms. The Kier molecular flexibility index (Phi) is 1.61. The molecule has 5 heteroatoms. The molecule has 0 aliphatic carbocycles. The quantitative estimate of drug-likeness (QED) is 0.608. The van der Waals surface area contributed by atoms with Crippen molar-refractivity contribution in [3.63, 3.8) is 0 Å². The zero-order valence-electron chi connectivity index (χ0n) is 7.73. The fourth-order valence-corrected chi connectivity index (χ4v) is 1.89. The standard InChI is InChI=1S/C8H12N2O3/c1-9(2)4-6-3-7-5-10(6,13-7)8(11)12/h4,7H,3,5H2,1-2H3/p+1. The first-order valence-corrected chi connectivity index (χ1v) is 4.22. The Bertz CT molecular complexity index is 279. The third kappa shape index (κ3) is 1.04. The van der Waals surface area contributed by atoms with Crippen LogP contribution in [0.25, 0.3) is 0 Å². The lowest BCUT2D eigenvalue weighted by Crippen LogP contribution is -2.58. The maximum Gasteiger partial charge on any atom is 0.552 e. The van der Waals surface area contributed by atoms with Crippen LogP contribution in [0.15, 0.2) is 11.9 Å². The van der Waals surface area contributed by atoms with Crippen molar-refractivity contribution < 1.29 is 19.4 Å². The molecule has 0 aromatic carbocycles. The lowest BCUT2D eigenvalue weighted by molar-refractivity contribution is -1.06. The molecule has 1 N–H and O–H groups in total. The Balaban J connectivity index is 2.27. The molecule has 72 valence electrons. The first kappa shape index (κ1) is 8.52. The lowest BCUT2D eigenvalue weighted by atomic mass is 10.3. The number of nitrogens with zero attached hydrogens (tertiary/aromatic N) is 2. The second-order valence-electron chi connectivity index (χ2n) is 3.72. The number of carboxylic acid groups (broad SMARTS) is 1. The van der Waals surface area contributed by atoms with Crippen LogP contribution in [0.4, 0.5) is 4.79 Å². The van der Waals surface area contributed by atoms with Gasteiger partial charge in [-0.25, -0.2) is 0 Å². The fraction of sp³-hybridized carbons (Fsp3) is 0.625. The maximum atomic E-state index is 10.9. The average Bonchev–Trinajstić information content (AvgIpc) is 2.37. The number of hydrogen-bond acceptors (Lipinski definition) is 3. The monoisotopic (exact) mass is 185 g/mol.